The zero-order valence-corrected chi connectivity index (χ0v) is 10.4. The third-order valence-corrected chi connectivity index (χ3v) is 2.97. The Hall–Kier alpha value is -1.11. The van der Waals surface area contributed by atoms with Crippen molar-refractivity contribution in [2.45, 2.75) is 0 Å². The molecule has 0 fully saturated rings. The molecule has 0 bridgehead atoms. The summed E-state index contributed by atoms with van der Waals surface area (Å²) in [5, 5.41) is 0. The van der Waals surface area contributed by atoms with Crippen molar-refractivity contribution >= 4 is 34.5 Å². The molecule has 80 valence electrons. The molecule has 0 radical (unpaired) electrons. The van der Waals surface area contributed by atoms with Gasteiger partial charge in [0.25, 0.3) is 0 Å². The van der Waals surface area contributed by atoms with Crippen molar-refractivity contribution < 1.29 is 19.1 Å². The Morgan fingerprint density at radius 2 is 1.47 bits per heavy atom. The van der Waals surface area contributed by atoms with E-state index in [1.54, 1.807) is 18.2 Å². The van der Waals surface area contributed by atoms with Gasteiger partial charge >= 0.3 is 11.9 Å². The Morgan fingerprint density at radius 3 is 1.80 bits per heavy atom. The van der Waals surface area contributed by atoms with Crippen LogP contribution in [-0.2, 0) is 9.47 Å². The molecule has 15 heavy (non-hydrogen) atoms. The van der Waals surface area contributed by atoms with E-state index in [0.717, 1.165) is 0 Å². The zero-order valence-electron chi connectivity index (χ0n) is 8.24. The van der Waals surface area contributed by atoms with Gasteiger partial charge < -0.3 is 9.47 Å². The second kappa shape index (κ2) is 5.11. The van der Waals surface area contributed by atoms with Gasteiger partial charge in [-0.15, -0.1) is 0 Å². The van der Waals surface area contributed by atoms with E-state index in [4.69, 9.17) is 0 Å². The summed E-state index contributed by atoms with van der Waals surface area (Å²) in [6, 6.07) is 4.81. The maximum atomic E-state index is 11.3. The van der Waals surface area contributed by atoms with Crippen LogP contribution in [0.4, 0.5) is 0 Å². The second-order valence-corrected chi connectivity index (χ2v) is 3.73. The topological polar surface area (TPSA) is 52.6 Å². The number of esters is 2. The Balaban J connectivity index is 3.23. The Labute approximate surface area is 101 Å². The molecule has 0 aliphatic heterocycles. The molecule has 0 unspecified atom stereocenters. The van der Waals surface area contributed by atoms with Gasteiger partial charge in [0.1, 0.15) is 0 Å². The van der Waals surface area contributed by atoms with Crippen LogP contribution in [0.5, 0.6) is 0 Å². The summed E-state index contributed by atoms with van der Waals surface area (Å²) in [6.45, 7) is 0. The minimum atomic E-state index is -0.467. The molecule has 0 heterocycles. The van der Waals surface area contributed by atoms with Crippen LogP contribution < -0.4 is 0 Å². The van der Waals surface area contributed by atoms with Gasteiger partial charge in [-0.25, -0.2) is 9.59 Å². The quantitative estimate of drug-likeness (QED) is 0.617. The van der Waals surface area contributed by atoms with E-state index in [0.29, 0.717) is 14.7 Å². The van der Waals surface area contributed by atoms with Crippen LogP contribution in [0.1, 0.15) is 20.7 Å². The second-order valence-electron chi connectivity index (χ2n) is 2.65. The third kappa shape index (κ3) is 2.47. The van der Waals surface area contributed by atoms with Crippen LogP contribution in [0.3, 0.4) is 0 Å². The van der Waals surface area contributed by atoms with Crippen LogP contribution in [-0.4, -0.2) is 26.2 Å². The summed E-state index contributed by atoms with van der Waals surface area (Å²) in [7, 11) is 2.59. The summed E-state index contributed by atoms with van der Waals surface area (Å²) >= 11 is 1.92. The highest BCUT2D eigenvalue weighted by atomic mass is 127. The van der Waals surface area contributed by atoms with Gasteiger partial charge in [0, 0.05) is 3.57 Å². The average molecular weight is 320 g/mol. The lowest BCUT2D eigenvalue weighted by molar-refractivity contribution is 0.0597. The van der Waals surface area contributed by atoms with Gasteiger partial charge in [0.05, 0.1) is 25.3 Å². The van der Waals surface area contributed by atoms with Gasteiger partial charge in [0.15, 0.2) is 0 Å². The molecule has 0 aliphatic carbocycles. The number of hydrogen-bond acceptors (Lipinski definition) is 4. The minimum Gasteiger partial charge on any atom is -0.465 e. The number of halogens is 1. The molecule has 0 aliphatic rings. The monoisotopic (exact) mass is 320 g/mol. The fraction of sp³-hybridized carbons (Fsp3) is 0.200. The molecular formula is C10H9IO4. The maximum absolute atomic E-state index is 11.3. The first-order chi connectivity index (χ1) is 7.11. The molecule has 0 aromatic heterocycles. The predicted octanol–water partition coefficient (Wildman–Crippen LogP) is 1.86. The Morgan fingerprint density at radius 1 is 1.07 bits per heavy atom. The van der Waals surface area contributed by atoms with Gasteiger partial charge in [0.2, 0.25) is 0 Å². The van der Waals surface area contributed by atoms with E-state index >= 15 is 0 Å². The van der Waals surface area contributed by atoms with E-state index in [2.05, 4.69) is 9.47 Å². The lowest BCUT2D eigenvalue weighted by Gasteiger charge is -2.06. The van der Waals surface area contributed by atoms with Crippen molar-refractivity contribution in [1.82, 2.24) is 0 Å². The van der Waals surface area contributed by atoms with Gasteiger partial charge in [-0.3, -0.25) is 0 Å². The van der Waals surface area contributed by atoms with Crippen LogP contribution >= 0.6 is 22.6 Å². The Kier molecular flexibility index (Phi) is 4.07. The number of carbonyl (C=O) groups is 2. The average Bonchev–Trinajstić information content (AvgIpc) is 2.27. The van der Waals surface area contributed by atoms with E-state index < -0.39 is 11.9 Å². The number of rotatable bonds is 2. The van der Waals surface area contributed by atoms with Crippen LogP contribution in [0.15, 0.2) is 18.2 Å². The largest absolute Gasteiger partial charge is 0.465 e. The third-order valence-electron chi connectivity index (χ3n) is 1.81. The molecule has 1 aromatic rings. The molecule has 0 spiro atoms. The summed E-state index contributed by atoms with van der Waals surface area (Å²) < 4.78 is 9.72. The fourth-order valence-electron chi connectivity index (χ4n) is 1.07. The molecule has 5 heteroatoms. The van der Waals surface area contributed by atoms with Gasteiger partial charge in [-0.1, -0.05) is 6.07 Å². The zero-order chi connectivity index (χ0) is 11.4. The number of benzene rings is 1. The Bertz CT molecular complexity index is 366. The van der Waals surface area contributed by atoms with Crippen molar-refractivity contribution in [2.75, 3.05) is 14.2 Å². The highest BCUT2D eigenvalue weighted by Gasteiger charge is 2.17. The predicted molar refractivity (Wildman–Crippen MR) is 61.8 cm³/mol. The fourth-order valence-corrected chi connectivity index (χ4v) is 1.87. The first-order valence-electron chi connectivity index (χ1n) is 4.07. The summed E-state index contributed by atoms with van der Waals surface area (Å²) in [5.41, 5.74) is 0.724. The number of carbonyl (C=O) groups excluding carboxylic acids is 2. The number of methoxy groups -OCH3 is 2. The lowest BCUT2D eigenvalue weighted by Crippen LogP contribution is -2.10. The molecule has 0 saturated heterocycles. The summed E-state index contributed by atoms with van der Waals surface area (Å²) in [5.74, 6) is -0.935. The van der Waals surface area contributed by atoms with E-state index in [1.165, 1.54) is 14.2 Å². The SMILES string of the molecule is COC(=O)c1cccc(C(=O)OC)c1I. The summed E-state index contributed by atoms with van der Waals surface area (Å²) in [6.07, 6.45) is 0. The normalized spacial score (nSPS) is 9.53. The first kappa shape index (κ1) is 12.0. The standard InChI is InChI=1S/C10H9IO4/c1-14-9(12)6-4-3-5-7(8(6)11)10(13)15-2/h3-5H,1-2H3. The highest BCUT2D eigenvalue weighted by molar-refractivity contribution is 14.1. The summed E-state index contributed by atoms with van der Waals surface area (Å²) in [4.78, 5) is 22.6. The smallest absolute Gasteiger partial charge is 0.338 e. The van der Waals surface area contributed by atoms with E-state index in [1.807, 2.05) is 22.6 Å². The van der Waals surface area contributed by atoms with Gasteiger partial charge in [-0.2, -0.15) is 0 Å². The molecule has 1 aromatic carbocycles. The van der Waals surface area contributed by atoms with Crippen LogP contribution in [0.25, 0.3) is 0 Å². The number of hydrogen-bond donors (Lipinski definition) is 0. The minimum absolute atomic E-state index is 0.362. The van der Waals surface area contributed by atoms with Crippen LogP contribution in [0, 0.1) is 3.57 Å². The highest BCUT2D eigenvalue weighted by Crippen LogP contribution is 2.19. The molecule has 0 N–H and O–H groups in total. The van der Waals surface area contributed by atoms with Crippen molar-refractivity contribution in [3.63, 3.8) is 0 Å². The van der Waals surface area contributed by atoms with E-state index in [9.17, 15) is 9.59 Å². The molecular weight excluding hydrogens is 311 g/mol. The van der Waals surface area contributed by atoms with Crippen molar-refractivity contribution in [3.05, 3.63) is 32.9 Å². The van der Waals surface area contributed by atoms with E-state index in [-0.39, 0.29) is 0 Å². The molecule has 1 rings (SSSR count). The van der Waals surface area contributed by atoms with Crippen molar-refractivity contribution in [1.29, 1.82) is 0 Å². The van der Waals surface area contributed by atoms with Crippen molar-refractivity contribution in [3.8, 4) is 0 Å². The first-order valence-corrected chi connectivity index (χ1v) is 5.14. The molecule has 0 saturated carbocycles. The van der Waals surface area contributed by atoms with Crippen LogP contribution in [0.2, 0.25) is 0 Å². The molecule has 0 amide bonds. The maximum Gasteiger partial charge on any atom is 0.338 e. The number of ether oxygens (including phenoxy) is 2. The van der Waals surface area contributed by atoms with Gasteiger partial charge in [-0.05, 0) is 34.7 Å². The van der Waals surface area contributed by atoms with Crippen molar-refractivity contribution in [2.24, 2.45) is 0 Å². The molecule has 4 nitrogen and oxygen atoms in total. The lowest BCUT2D eigenvalue weighted by atomic mass is 10.1. The molecule has 0 atom stereocenters.